The van der Waals surface area contributed by atoms with Crippen molar-refractivity contribution in [3.63, 3.8) is 0 Å². The Balaban J connectivity index is 2.99. The highest BCUT2D eigenvalue weighted by molar-refractivity contribution is 6.34. The molecule has 20 heavy (non-hydrogen) atoms. The van der Waals surface area contributed by atoms with E-state index >= 15 is 0 Å². The van der Waals surface area contributed by atoms with Gasteiger partial charge in [0, 0.05) is 26.5 Å². The van der Waals surface area contributed by atoms with Crippen molar-refractivity contribution in [1.29, 1.82) is 0 Å². The smallest absolute Gasteiger partial charge is 0.255 e. The highest BCUT2D eigenvalue weighted by Crippen LogP contribution is 2.21. The zero-order valence-electron chi connectivity index (χ0n) is 12.1. The van der Waals surface area contributed by atoms with Crippen molar-refractivity contribution in [1.82, 2.24) is 4.90 Å². The third-order valence-corrected chi connectivity index (χ3v) is 3.29. The highest BCUT2D eigenvalue weighted by atomic mass is 35.5. The molecule has 0 spiro atoms. The van der Waals surface area contributed by atoms with Gasteiger partial charge in [0.1, 0.15) is 0 Å². The molecular formula is C14H21ClN2O3. The number of nitrogens with zero attached hydrogens (tertiary/aromatic N) is 1. The molecule has 1 atom stereocenters. The van der Waals surface area contributed by atoms with Crippen LogP contribution in [0.1, 0.15) is 17.3 Å². The number of hydrogen-bond donors (Lipinski definition) is 1. The summed E-state index contributed by atoms with van der Waals surface area (Å²) in [5.74, 6) is -0.177. The minimum absolute atomic E-state index is 0.0832. The Labute approximate surface area is 124 Å². The lowest BCUT2D eigenvalue weighted by Gasteiger charge is -2.29. The van der Waals surface area contributed by atoms with Gasteiger partial charge in [0.15, 0.2) is 0 Å². The molecule has 1 rings (SSSR count). The number of amides is 1. The van der Waals surface area contributed by atoms with Crippen LogP contribution in [0.5, 0.6) is 0 Å². The first-order valence-corrected chi connectivity index (χ1v) is 6.73. The number of anilines is 1. The maximum Gasteiger partial charge on any atom is 0.255 e. The summed E-state index contributed by atoms with van der Waals surface area (Å²) < 4.78 is 10.2. The van der Waals surface area contributed by atoms with Crippen LogP contribution < -0.4 is 5.73 Å². The minimum Gasteiger partial charge on any atom is -0.399 e. The summed E-state index contributed by atoms with van der Waals surface area (Å²) in [7, 11) is 3.19. The topological polar surface area (TPSA) is 64.8 Å². The van der Waals surface area contributed by atoms with Gasteiger partial charge >= 0.3 is 0 Å². The summed E-state index contributed by atoms with van der Waals surface area (Å²) in [6, 6.07) is 4.79. The number of benzene rings is 1. The molecule has 0 bridgehead atoms. The van der Waals surface area contributed by atoms with Gasteiger partial charge in [0.2, 0.25) is 0 Å². The maximum absolute atomic E-state index is 12.6. The normalized spacial score (nSPS) is 12.2. The van der Waals surface area contributed by atoms with E-state index in [9.17, 15) is 4.79 Å². The third-order valence-electron chi connectivity index (χ3n) is 2.96. The molecule has 0 saturated carbocycles. The lowest BCUT2D eigenvalue weighted by molar-refractivity contribution is 0.0479. The Morgan fingerprint density at radius 3 is 2.70 bits per heavy atom. The van der Waals surface area contributed by atoms with Crippen molar-refractivity contribution in [2.45, 2.75) is 13.0 Å². The van der Waals surface area contributed by atoms with E-state index in [4.69, 9.17) is 26.8 Å². The van der Waals surface area contributed by atoms with E-state index < -0.39 is 0 Å². The molecule has 0 fully saturated rings. The van der Waals surface area contributed by atoms with Gasteiger partial charge < -0.3 is 20.1 Å². The molecule has 0 radical (unpaired) electrons. The van der Waals surface area contributed by atoms with Gasteiger partial charge in [0.05, 0.1) is 29.8 Å². The van der Waals surface area contributed by atoms with E-state index in [1.54, 1.807) is 37.3 Å². The molecule has 0 aliphatic rings. The van der Waals surface area contributed by atoms with E-state index in [2.05, 4.69) is 0 Å². The van der Waals surface area contributed by atoms with Crippen molar-refractivity contribution >= 4 is 23.2 Å². The van der Waals surface area contributed by atoms with Gasteiger partial charge in [-0.2, -0.15) is 0 Å². The lowest BCUT2D eigenvalue weighted by atomic mass is 10.1. The molecule has 1 amide bonds. The van der Waals surface area contributed by atoms with Gasteiger partial charge in [-0.15, -0.1) is 0 Å². The van der Waals surface area contributed by atoms with Crippen LogP contribution in [0.2, 0.25) is 5.02 Å². The first kappa shape index (κ1) is 16.8. The fourth-order valence-corrected chi connectivity index (χ4v) is 2.10. The number of ether oxygens (including phenoxy) is 2. The highest BCUT2D eigenvalue weighted by Gasteiger charge is 2.23. The number of nitrogen functional groups attached to an aromatic ring is 1. The number of rotatable bonds is 7. The third kappa shape index (κ3) is 4.37. The maximum atomic E-state index is 12.6. The molecule has 0 aromatic heterocycles. The summed E-state index contributed by atoms with van der Waals surface area (Å²) in [5, 5.41) is 0.385. The van der Waals surface area contributed by atoms with Gasteiger partial charge in [-0.3, -0.25) is 4.79 Å². The molecule has 1 unspecified atom stereocenters. The number of nitrogens with two attached hydrogens (primary N) is 1. The van der Waals surface area contributed by atoms with Crippen LogP contribution in [0.3, 0.4) is 0 Å². The van der Waals surface area contributed by atoms with Crippen LogP contribution in [0.15, 0.2) is 18.2 Å². The van der Waals surface area contributed by atoms with Crippen molar-refractivity contribution in [3.8, 4) is 0 Å². The van der Waals surface area contributed by atoms with Gasteiger partial charge in [-0.05, 0) is 25.1 Å². The van der Waals surface area contributed by atoms with Crippen molar-refractivity contribution in [2.75, 3.05) is 39.7 Å². The number of halogens is 1. The predicted molar refractivity (Wildman–Crippen MR) is 80.1 cm³/mol. The fourth-order valence-electron chi connectivity index (χ4n) is 1.90. The van der Waals surface area contributed by atoms with E-state index in [1.165, 1.54) is 0 Å². The van der Waals surface area contributed by atoms with Crippen LogP contribution in [-0.2, 0) is 9.47 Å². The number of hydrogen-bond acceptors (Lipinski definition) is 4. The Bertz CT molecular complexity index is 454. The van der Waals surface area contributed by atoms with E-state index in [0.29, 0.717) is 36.0 Å². The summed E-state index contributed by atoms with van der Waals surface area (Å²) in [5.41, 5.74) is 6.62. The van der Waals surface area contributed by atoms with Crippen LogP contribution in [0.4, 0.5) is 5.69 Å². The quantitative estimate of drug-likeness (QED) is 0.783. The average molecular weight is 301 g/mol. The summed E-state index contributed by atoms with van der Waals surface area (Å²) in [6.07, 6.45) is 0. The molecule has 1 aromatic rings. The summed E-state index contributed by atoms with van der Waals surface area (Å²) in [4.78, 5) is 14.3. The van der Waals surface area contributed by atoms with Crippen LogP contribution >= 0.6 is 11.6 Å². The molecule has 0 saturated heterocycles. The van der Waals surface area contributed by atoms with Gasteiger partial charge in [-0.25, -0.2) is 0 Å². The first-order chi connectivity index (χ1) is 9.51. The van der Waals surface area contributed by atoms with Gasteiger partial charge in [0.25, 0.3) is 5.91 Å². The van der Waals surface area contributed by atoms with Crippen molar-refractivity contribution < 1.29 is 14.3 Å². The summed E-state index contributed by atoms with van der Waals surface area (Å²) in [6.45, 7) is 3.26. The Morgan fingerprint density at radius 1 is 1.40 bits per heavy atom. The molecule has 0 aliphatic carbocycles. The zero-order valence-corrected chi connectivity index (χ0v) is 12.8. The first-order valence-electron chi connectivity index (χ1n) is 6.35. The van der Waals surface area contributed by atoms with Crippen LogP contribution in [0.25, 0.3) is 0 Å². The second kappa shape index (κ2) is 8.09. The molecule has 5 nitrogen and oxygen atoms in total. The molecular weight excluding hydrogens is 280 g/mol. The largest absolute Gasteiger partial charge is 0.399 e. The van der Waals surface area contributed by atoms with Gasteiger partial charge in [-0.1, -0.05) is 11.6 Å². The Morgan fingerprint density at radius 2 is 2.10 bits per heavy atom. The van der Waals surface area contributed by atoms with E-state index in [-0.39, 0.29) is 11.9 Å². The Kier molecular flexibility index (Phi) is 6.78. The van der Waals surface area contributed by atoms with Crippen LogP contribution in [0, 0.1) is 0 Å². The minimum atomic E-state index is -0.177. The molecule has 6 heteroatoms. The zero-order chi connectivity index (χ0) is 15.1. The molecule has 0 aliphatic heterocycles. The standard InChI is InChI=1S/C14H21ClN2O3/c1-10(9-20-3)17(6-7-19-2)14(18)12-8-11(16)4-5-13(12)15/h4-5,8,10H,6-7,9,16H2,1-3H3. The van der Waals surface area contributed by atoms with E-state index in [1.807, 2.05) is 6.92 Å². The predicted octanol–water partition coefficient (Wildman–Crippen LogP) is 2.05. The van der Waals surface area contributed by atoms with Crippen LogP contribution in [-0.4, -0.2) is 50.8 Å². The molecule has 1 aromatic carbocycles. The monoisotopic (exact) mass is 300 g/mol. The second-order valence-electron chi connectivity index (χ2n) is 4.53. The fraction of sp³-hybridized carbons (Fsp3) is 0.500. The van der Waals surface area contributed by atoms with Crippen molar-refractivity contribution in [2.24, 2.45) is 0 Å². The number of methoxy groups -OCH3 is 2. The average Bonchev–Trinajstić information content (AvgIpc) is 2.42. The number of carbonyl (C=O) groups is 1. The van der Waals surface area contributed by atoms with E-state index in [0.717, 1.165) is 0 Å². The Hall–Kier alpha value is -1.30. The SMILES string of the molecule is COCCN(C(=O)c1cc(N)ccc1Cl)C(C)COC. The molecule has 0 heterocycles. The molecule has 112 valence electrons. The summed E-state index contributed by atoms with van der Waals surface area (Å²) >= 11 is 6.09. The second-order valence-corrected chi connectivity index (χ2v) is 4.94. The molecule has 2 N–H and O–H groups in total. The lowest BCUT2D eigenvalue weighted by Crippen LogP contribution is -2.43. The number of carbonyl (C=O) groups excluding carboxylic acids is 1. The van der Waals surface area contributed by atoms with Crippen molar-refractivity contribution in [3.05, 3.63) is 28.8 Å².